The zero-order valence-corrected chi connectivity index (χ0v) is 14.7. The second-order valence-corrected chi connectivity index (χ2v) is 6.00. The quantitative estimate of drug-likeness (QED) is 0.603. The molecule has 4 aromatic rings. The van der Waals surface area contributed by atoms with E-state index < -0.39 is 5.91 Å². The van der Waals surface area contributed by atoms with E-state index in [4.69, 9.17) is 0 Å². The van der Waals surface area contributed by atoms with Gasteiger partial charge in [-0.3, -0.25) is 4.79 Å². The number of anilines is 1. The number of amides is 1. The van der Waals surface area contributed by atoms with Crippen molar-refractivity contribution >= 4 is 11.7 Å². The van der Waals surface area contributed by atoms with Gasteiger partial charge in [0.1, 0.15) is 5.82 Å². The Morgan fingerprint density at radius 2 is 1.63 bits per heavy atom. The fourth-order valence-electron chi connectivity index (χ4n) is 2.71. The number of pyridine rings is 1. The minimum atomic E-state index is -0.399. The van der Waals surface area contributed by atoms with Crippen molar-refractivity contribution in [3.63, 3.8) is 0 Å². The summed E-state index contributed by atoms with van der Waals surface area (Å²) < 4.78 is 1.68. The molecule has 0 aliphatic heterocycles. The van der Waals surface area contributed by atoms with Crippen LogP contribution < -0.4 is 5.32 Å². The van der Waals surface area contributed by atoms with E-state index in [0.29, 0.717) is 11.6 Å². The number of nitrogens with one attached hydrogen (secondary N) is 1. The maximum atomic E-state index is 12.7. The van der Waals surface area contributed by atoms with E-state index in [1.165, 1.54) is 0 Å². The molecule has 0 spiro atoms. The third-order valence-electron chi connectivity index (χ3n) is 4.08. The average molecular weight is 355 g/mol. The number of hydrogen-bond acceptors (Lipinski definition) is 4. The van der Waals surface area contributed by atoms with Gasteiger partial charge >= 0.3 is 0 Å². The summed E-state index contributed by atoms with van der Waals surface area (Å²) in [6, 6.07) is 23.0. The van der Waals surface area contributed by atoms with Gasteiger partial charge in [-0.15, -0.1) is 5.10 Å². The Balaban J connectivity index is 1.75. The summed E-state index contributed by atoms with van der Waals surface area (Å²) in [6.45, 7) is 1.88. The first-order valence-electron chi connectivity index (χ1n) is 8.53. The van der Waals surface area contributed by atoms with Crippen LogP contribution in [-0.4, -0.2) is 25.7 Å². The number of para-hydroxylation sites is 1. The Labute approximate surface area is 156 Å². The number of aromatic nitrogens is 4. The highest BCUT2D eigenvalue weighted by Crippen LogP contribution is 2.21. The summed E-state index contributed by atoms with van der Waals surface area (Å²) in [5, 5.41) is 7.23. The van der Waals surface area contributed by atoms with E-state index in [2.05, 4.69) is 20.4 Å². The second-order valence-electron chi connectivity index (χ2n) is 6.00. The SMILES string of the molecule is Cc1cccnc1NC(=O)c1nc(-c2ccccc2)n(-c2ccccc2)n1. The monoisotopic (exact) mass is 355 g/mol. The molecule has 0 bridgehead atoms. The normalized spacial score (nSPS) is 10.6. The summed E-state index contributed by atoms with van der Waals surface area (Å²) in [5.41, 5.74) is 2.58. The van der Waals surface area contributed by atoms with Gasteiger partial charge < -0.3 is 5.32 Å². The van der Waals surface area contributed by atoms with Crippen molar-refractivity contribution in [3.8, 4) is 17.1 Å². The van der Waals surface area contributed by atoms with Crippen LogP contribution in [0.2, 0.25) is 0 Å². The van der Waals surface area contributed by atoms with Crippen LogP contribution in [0.25, 0.3) is 17.1 Å². The third kappa shape index (κ3) is 3.46. The molecule has 0 saturated heterocycles. The van der Waals surface area contributed by atoms with Gasteiger partial charge in [-0.2, -0.15) is 0 Å². The average Bonchev–Trinajstić information content (AvgIpc) is 3.17. The number of rotatable bonds is 4. The molecule has 1 N–H and O–H groups in total. The van der Waals surface area contributed by atoms with Crippen LogP contribution in [0, 0.1) is 6.92 Å². The first kappa shape index (κ1) is 16.7. The molecule has 132 valence electrons. The molecular formula is C21H17N5O. The minimum Gasteiger partial charge on any atom is -0.304 e. The molecule has 2 aromatic heterocycles. The molecule has 6 heteroatoms. The van der Waals surface area contributed by atoms with Crippen LogP contribution in [0.4, 0.5) is 5.82 Å². The fraction of sp³-hybridized carbons (Fsp3) is 0.0476. The topological polar surface area (TPSA) is 72.7 Å². The largest absolute Gasteiger partial charge is 0.304 e. The number of aryl methyl sites for hydroxylation is 1. The second kappa shape index (κ2) is 7.21. The highest BCUT2D eigenvalue weighted by Gasteiger charge is 2.19. The zero-order chi connectivity index (χ0) is 18.6. The predicted molar refractivity (Wildman–Crippen MR) is 104 cm³/mol. The molecule has 0 fully saturated rings. The van der Waals surface area contributed by atoms with Gasteiger partial charge in [0.05, 0.1) is 5.69 Å². The van der Waals surface area contributed by atoms with Gasteiger partial charge in [-0.05, 0) is 30.7 Å². The van der Waals surface area contributed by atoms with Crippen LogP contribution in [-0.2, 0) is 0 Å². The van der Waals surface area contributed by atoms with Crippen molar-refractivity contribution < 1.29 is 4.79 Å². The number of hydrogen-bond donors (Lipinski definition) is 1. The van der Waals surface area contributed by atoms with Crippen molar-refractivity contribution in [3.05, 3.63) is 90.4 Å². The highest BCUT2D eigenvalue weighted by molar-refractivity contribution is 6.01. The molecule has 2 heterocycles. The highest BCUT2D eigenvalue weighted by atomic mass is 16.2. The van der Waals surface area contributed by atoms with Crippen molar-refractivity contribution in [1.29, 1.82) is 0 Å². The predicted octanol–water partition coefficient (Wildman–Crippen LogP) is 3.89. The number of carbonyl (C=O) groups excluding carboxylic acids is 1. The van der Waals surface area contributed by atoms with Gasteiger partial charge in [0, 0.05) is 11.8 Å². The lowest BCUT2D eigenvalue weighted by atomic mass is 10.2. The first-order valence-corrected chi connectivity index (χ1v) is 8.53. The lowest BCUT2D eigenvalue weighted by molar-refractivity contribution is 0.101. The maximum Gasteiger partial charge on any atom is 0.296 e. The Morgan fingerprint density at radius 1 is 0.926 bits per heavy atom. The van der Waals surface area contributed by atoms with Crippen molar-refractivity contribution in [2.24, 2.45) is 0 Å². The lowest BCUT2D eigenvalue weighted by Gasteiger charge is -2.05. The van der Waals surface area contributed by atoms with E-state index in [1.807, 2.05) is 79.7 Å². The minimum absolute atomic E-state index is 0.0859. The summed E-state index contributed by atoms with van der Waals surface area (Å²) in [5.74, 6) is 0.788. The maximum absolute atomic E-state index is 12.7. The summed E-state index contributed by atoms with van der Waals surface area (Å²) >= 11 is 0. The van der Waals surface area contributed by atoms with Gasteiger partial charge in [0.15, 0.2) is 5.82 Å². The van der Waals surface area contributed by atoms with Crippen molar-refractivity contribution in [2.75, 3.05) is 5.32 Å². The van der Waals surface area contributed by atoms with Crippen LogP contribution >= 0.6 is 0 Å². The molecule has 1 amide bonds. The summed E-state index contributed by atoms with van der Waals surface area (Å²) in [7, 11) is 0. The van der Waals surface area contributed by atoms with E-state index in [9.17, 15) is 4.79 Å². The number of carbonyl (C=O) groups is 1. The molecule has 0 unspecified atom stereocenters. The van der Waals surface area contributed by atoms with E-state index >= 15 is 0 Å². The van der Waals surface area contributed by atoms with E-state index in [-0.39, 0.29) is 5.82 Å². The van der Waals surface area contributed by atoms with Gasteiger partial charge in [-0.1, -0.05) is 54.6 Å². The zero-order valence-electron chi connectivity index (χ0n) is 14.7. The van der Waals surface area contributed by atoms with Gasteiger partial charge in [0.2, 0.25) is 5.82 Å². The van der Waals surface area contributed by atoms with Gasteiger partial charge in [0.25, 0.3) is 5.91 Å². The van der Waals surface area contributed by atoms with E-state index in [1.54, 1.807) is 10.9 Å². The smallest absolute Gasteiger partial charge is 0.296 e. The Morgan fingerprint density at radius 3 is 2.33 bits per heavy atom. The first-order chi connectivity index (χ1) is 13.2. The summed E-state index contributed by atoms with van der Waals surface area (Å²) in [4.78, 5) is 21.4. The van der Waals surface area contributed by atoms with Crippen LogP contribution in [0.1, 0.15) is 16.2 Å². The number of benzene rings is 2. The fourth-order valence-corrected chi connectivity index (χ4v) is 2.71. The number of nitrogens with zero attached hydrogens (tertiary/aromatic N) is 4. The van der Waals surface area contributed by atoms with Crippen molar-refractivity contribution in [2.45, 2.75) is 6.92 Å². The van der Waals surface area contributed by atoms with E-state index in [0.717, 1.165) is 16.8 Å². The standard InChI is InChI=1S/C21H17N5O/c1-15-9-8-14-22-18(15)24-21(27)19-23-20(16-10-4-2-5-11-16)26(25-19)17-12-6-3-7-13-17/h2-14H,1H3,(H,22,24,27). The molecule has 0 aliphatic carbocycles. The van der Waals surface area contributed by atoms with Crippen LogP contribution in [0.3, 0.4) is 0 Å². The molecule has 0 atom stereocenters. The molecule has 2 aromatic carbocycles. The Hall–Kier alpha value is -3.80. The molecular weight excluding hydrogens is 338 g/mol. The Kier molecular flexibility index (Phi) is 4.45. The van der Waals surface area contributed by atoms with Crippen LogP contribution in [0.15, 0.2) is 79.0 Å². The lowest BCUT2D eigenvalue weighted by Crippen LogP contribution is -2.16. The molecule has 0 aliphatic rings. The molecule has 0 radical (unpaired) electrons. The molecule has 0 saturated carbocycles. The summed E-state index contributed by atoms with van der Waals surface area (Å²) in [6.07, 6.45) is 1.63. The third-order valence-corrected chi connectivity index (χ3v) is 4.08. The van der Waals surface area contributed by atoms with Crippen molar-refractivity contribution in [1.82, 2.24) is 19.7 Å². The molecule has 6 nitrogen and oxygen atoms in total. The Bertz CT molecular complexity index is 1020. The molecule has 27 heavy (non-hydrogen) atoms. The van der Waals surface area contributed by atoms with Gasteiger partial charge in [-0.25, -0.2) is 14.6 Å². The molecule has 4 rings (SSSR count). The van der Waals surface area contributed by atoms with Crippen LogP contribution in [0.5, 0.6) is 0 Å².